The molecule has 0 saturated carbocycles. The van der Waals surface area contributed by atoms with Crippen molar-refractivity contribution >= 4 is 6.16 Å². The zero-order valence-electron chi connectivity index (χ0n) is 9.95. The summed E-state index contributed by atoms with van der Waals surface area (Å²) in [5.41, 5.74) is -0.955. The Morgan fingerprint density at radius 3 is 2.62 bits per heavy atom. The predicted molar refractivity (Wildman–Crippen MR) is 57.8 cm³/mol. The van der Waals surface area contributed by atoms with Gasteiger partial charge in [-0.3, -0.25) is 0 Å². The Hall–Kier alpha value is -1.25. The molecule has 0 fully saturated rings. The van der Waals surface area contributed by atoms with Crippen molar-refractivity contribution in [2.45, 2.75) is 25.4 Å². The Balaban J connectivity index is 3.89. The fourth-order valence-electron chi connectivity index (χ4n) is 1.03. The van der Waals surface area contributed by atoms with Crippen LogP contribution >= 0.6 is 0 Å². The SMILES string of the molecule is C#CC(C)(CCCOCOC)OC(=O)OC. The van der Waals surface area contributed by atoms with E-state index >= 15 is 0 Å². The van der Waals surface area contributed by atoms with Gasteiger partial charge in [0, 0.05) is 20.1 Å². The zero-order valence-corrected chi connectivity index (χ0v) is 9.95. The van der Waals surface area contributed by atoms with Crippen LogP contribution in [0.15, 0.2) is 0 Å². The number of ether oxygens (including phenoxy) is 4. The van der Waals surface area contributed by atoms with E-state index in [9.17, 15) is 4.79 Å². The van der Waals surface area contributed by atoms with Crippen LogP contribution in [-0.4, -0.2) is 39.4 Å². The van der Waals surface area contributed by atoms with Crippen LogP contribution in [0.3, 0.4) is 0 Å². The lowest BCUT2D eigenvalue weighted by molar-refractivity contribution is -0.0387. The van der Waals surface area contributed by atoms with Crippen molar-refractivity contribution in [1.29, 1.82) is 0 Å². The third-order valence-corrected chi connectivity index (χ3v) is 1.92. The van der Waals surface area contributed by atoms with Gasteiger partial charge in [0.1, 0.15) is 6.79 Å². The van der Waals surface area contributed by atoms with Gasteiger partial charge < -0.3 is 18.9 Å². The second kappa shape index (κ2) is 7.97. The molecule has 1 atom stereocenters. The molecular formula is C11H18O5. The van der Waals surface area contributed by atoms with E-state index in [0.29, 0.717) is 19.4 Å². The van der Waals surface area contributed by atoms with E-state index in [4.69, 9.17) is 20.6 Å². The molecule has 16 heavy (non-hydrogen) atoms. The summed E-state index contributed by atoms with van der Waals surface area (Å²) in [5, 5.41) is 0. The van der Waals surface area contributed by atoms with Crippen molar-refractivity contribution in [2.24, 2.45) is 0 Å². The Bertz CT molecular complexity index is 245. The summed E-state index contributed by atoms with van der Waals surface area (Å²) in [6.45, 7) is 2.39. The average Bonchev–Trinajstić information content (AvgIpc) is 2.28. The van der Waals surface area contributed by atoms with E-state index in [1.54, 1.807) is 14.0 Å². The van der Waals surface area contributed by atoms with Crippen LogP contribution in [0.25, 0.3) is 0 Å². The van der Waals surface area contributed by atoms with E-state index < -0.39 is 11.8 Å². The number of hydrogen-bond donors (Lipinski definition) is 0. The second-order valence-corrected chi connectivity index (χ2v) is 3.35. The maximum Gasteiger partial charge on any atom is 0.509 e. The number of hydrogen-bond acceptors (Lipinski definition) is 5. The summed E-state index contributed by atoms with van der Waals surface area (Å²) < 4.78 is 19.1. The van der Waals surface area contributed by atoms with Crippen LogP contribution in [0.5, 0.6) is 0 Å². The van der Waals surface area contributed by atoms with Crippen molar-refractivity contribution in [3.8, 4) is 12.3 Å². The molecule has 0 aromatic carbocycles. The van der Waals surface area contributed by atoms with Gasteiger partial charge in [0.15, 0.2) is 5.60 Å². The van der Waals surface area contributed by atoms with Crippen LogP contribution in [-0.2, 0) is 18.9 Å². The third-order valence-electron chi connectivity index (χ3n) is 1.92. The second-order valence-electron chi connectivity index (χ2n) is 3.35. The third kappa shape index (κ3) is 6.27. The maximum atomic E-state index is 10.9. The van der Waals surface area contributed by atoms with Gasteiger partial charge >= 0.3 is 6.16 Å². The van der Waals surface area contributed by atoms with Gasteiger partial charge in [-0.05, 0) is 13.3 Å². The molecule has 0 spiro atoms. The molecule has 0 N–H and O–H groups in total. The minimum atomic E-state index is -0.955. The van der Waals surface area contributed by atoms with E-state index in [2.05, 4.69) is 10.7 Å². The lowest BCUT2D eigenvalue weighted by atomic mass is 10.0. The first kappa shape index (κ1) is 14.8. The van der Waals surface area contributed by atoms with E-state index in [0.717, 1.165) is 0 Å². The molecular weight excluding hydrogens is 212 g/mol. The van der Waals surface area contributed by atoms with Crippen LogP contribution in [0.1, 0.15) is 19.8 Å². The van der Waals surface area contributed by atoms with E-state index in [1.807, 2.05) is 0 Å². The number of terminal acetylenes is 1. The molecule has 1 unspecified atom stereocenters. The van der Waals surface area contributed by atoms with Gasteiger partial charge in [0.2, 0.25) is 0 Å². The molecule has 0 aliphatic carbocycles. The van der Waals surface area contributed by atoms with Crippen LogP contribution in [0.4, 0.5) is 4.79 Å². The number of carbonyl (C=O) groups excluding carboxylic acids is 1. The summed E-state index contributed by atoms with van der Waals surface area (Å²) in [7, 11) is 2.78. The summed E-state index contributed by atoms with van der Waals surface area (Å²) >= 11 is 0. The molecule has 0 aliphatic rings. The highest BCUT2D eigenvalue weighted by Crippen LogP contribution is 2.17. The van der Waals surface area contributed by atoms with Gasteiger partial charge in [0.05, 0.1) is 7.11 Å². The highest BCUT2D eigenvalue weighted by molar-refractivity contribution is 5.60. The van der Waals surface area contributed by atoms with Gasteiger partial charge in [0.25, 0.3) is 0 Å². The van der Waals surface area contributed by atoms with Crippen LogP contribution < -0.4 is 0 Å². The molecule has 0 heterocycles. The molecule has 0 rings (SSSR count). The molecule has 0 amide bonds. The first-order valence-corrected chi connectivity index (χ1v) is 4.89. The Morgan fingerprint density at radius 1 is 1.44 bits per heavy atom. The molecule has 5 heteroatoms. The predicted octanol–water partition coefficient (Wildman–Crippen LogP) is 1.56. The van der Waals surface area contributed by atoms with Crippen LogP contribution in [0.2, 0.25) is 0 Å². The molecule has 92 valence electrons. The van der Waals surface area contributed by atoms with Crippen molar-refractivity contribution in [3.05, 3.63) is 0 Å². The Kier molecular flexibility index (Phi) is 7.34. The van der Waals surface area contributed by atoms with Crippen molar-refractivity contribution in [3.63, 3.8) is 0 Å². The monoisotopic (exact) mass is 230 g/mol. The highest BCUT2D eigenvalue weighted by Gasteiger charge is 2.26. The molecule has 0 bridgehead atoms. The molecule has 0 aliphatic heterocycles. The van der Waals surface area contributed by atoms with Crippen molar-refractivity contribution in [2.75, 3.05) is 27.6 Å². The summed E-state index contributed by atoms with van der Waals surface area (Å²) in [6, 6.07) is 0. The first-order valence-electron chi connectivity index (χ1n) is 4.89. The fourth-order valence-corrected chi connectivity index (χ4v) is 1.03. The van der Waals surface area contributed by atoms with Crippen molar-refractivity contribution < 1.29 is 23.7 Å². The standard InChI is InChI=1S/C11H18O5/c1-5-11(2,16-10(12)14-4)7-6-8-15-9-13-3/h1H,6-9H2,2-4H3. The molecule has 0 aromatic heterocycles. The first-order chi connectivity index (χ1) is 7.58. The highest BCUT2D eigenvalue weighted by atomic mass is 16.7. The lowest BCUT2D eigenvalue weighted by Gasteiger charge is -2.22. The van der Waals surface area contributed by atoms with Gasteiger partial charge in [-0.15, -0.1) is 6.42 Å². The minimum Gasteiger partial charge on any atom is -0.438 e. The van der Waals surface area contributed by atoms with E-state index in [1.165, 1.54) is 7.11 Å². The normalized spacial score (nSPS) is 13.6. The number of rotatable bonds is 7. The Labute approximate surface area is 96.0 Å². The topological polar surface area (TPSA) is 54.0 Å². The smallest absolute Gasteiger partial charge is 0.438 e. The van der Waals surface area contributed by atoms with Gasteiger partial charge in [-0.2, -0.15) is 0 Å². The fraction of sp³-hybridized carbons (Fsp3) is 0.727. The summed E-state index contributed by atoms with van der Waals surface area (Å²) in [4.78, 5) is 10.9. The average molecular weight is 230 g/mol. The summed E-state index contributed by atoms with van der Waals surface area (Å²) in [5.74, 6) is 2.42. The maximum absolute atomic E-state index is 10.9. The van der Waals surface area contributed by atoms with Gasteiger partial charge in [-0.1, -0.05) is 5.92 Å². The molecule has 0 aromatic rings. The number of methoxy groups -OCH3 is 2. The number of carbonyl (C=O) groups is 1. The molecule has 0 saturated heterocycles. The van der Waals surface area contributed by atoms with Crippen molar-refractivity contribution in [1.82, 2.24) is 0 Å². The largest absolute Gasteiger partial charge is 0.509 e. The summed E-state index contributed by atoms with van der Waals surface area (Å²) in [6.07, 6.45) is 5.69. The Morgan fingerprint density at radius 2 is 2.12 bits per heavy atom. The zero-order chi connectivity index (χ0) is 12.4. The lowest BCUT2D eigenvalue weighted by Crippen LogP contribution is -2.30. The van der Waals surface area contributed by atoms with Gasteiger partial charge in [-0.25, -0.2) is 4.79 Å². The molecule has 5 nitrogen and oxygen atoms in total. The minimum absolute atomic E-state index is 0.241. The quantitative estimate of drug-likeness (QED) is 0.287. The van der Waals surface area contributed by atoms with Crippen LogP contribution in [0, 0.1) is 12.3 Å². The molecule has 0 radical (unpaired) electrons. The van der Waals surface area contributed by atoms with E-state index in [-0.39, 0.29) is 6.79 Å².